The predicted octanol–water partition coefficient (Wildman–Crippen LogP) is 2.07. The number of rotatable bonds is 4. The number of fused-ring (bicyclic) bond motifs is 1. The highest BCUT2D eigenvalue weighted by Gasteiger charge is 2.07. The smallest absolute Gasteiger partial charge is 0.226 e. The summed E-state index contributed by atoms with van der Waals surface area (Å²) in [6.45, 7) is 0.459. The molecule has 0 saturated heterocycles. The van der Waals surface area contributed by atoms with E-state index in [1.54, 1.807) is 7.05 Å². The molecule has 1 heterocycles. The van der Waals surface area contributed by atoms with Crippen molar-refractivity contribution in [3.05, 3.63) is 24.3 Å². The van der Waals surface area contributed by atoms with E-state index in [0.29, 0.717) is 24.9 Å². The summed E-state index contributed by atoms with van der Waals surface area (Å²) in [5.41, 5.74) is 0.850. The molecule has 0 bridgehead atoms. The highest BCUT2D eigenvalue weighted by atomic mass is 16.5. The predicted molar refractivity (Wildman–Crippen MR) is 68.0 cm³/mol. The number of terminal acetylenes is 1. The molecule has 0 saturated carbocycles. The van der Waals surface area contributed by atoms with Gasteiger partial charge in [0, 0.05) is 13.5 Å². The van der Waals surface area contributed by atoms with Crippen molar-refractivity contribution in [2.45, 2.75) is 6.42 Å². The van der Waals surface area contributed by atoms with E-state index in [2.05, 4.69) is 21.2 Å². The van der Waals surface area contributed by atoms with Crippen LogP contribution in [0.4, 0.5) is 5.95 Å². The van der Waals surface area contributed by atoms with Gasteiger partial charge in [0.15, 0.2) is 0 Å². The van der Waals surface area contributed by atoms with Crippen LogP contribution in [0.3, 0.4) is 0 Å². The highest BCUT2D eigenvalue weighted by Crippen LogP contribution is 2.23. The molecule has 2 aromatic rings. The van der Waals surface area contributed by atoms with Crippen LogP contribution in [0.25, 0.3) is 10.9 Å². The van der Waals surface area contributed by atoms with Crippen molar-refractivity contribution in [2.75, 3.05) is 19.0 Å². The Bertz CT molecular complexity index is 560. The number of benzene rings is 1. The molecule has 0 atom stereocenters. The minimum absolute atomic E-state index is 0.459. The molecule has 4 heteroatoms. The van der Waals surface area contributed by atoms with Crippen molar-refractivity contribution in [1.82, 2.24) is 9.97 Å². The first-order valence-corrected chi connectivity index (χ1v) is 5.36. The summed E-state index contributed by atoms with van der Waals surface area (Å²) in [6.07, 6.45) is 5.75. The van der Waals surface area contributed by atoms with Gasteiger partial charge in [0.25, 0.3) is 0 Å². The number of anilines is 1. The lowest BCUT2D eigenvalue weighted by molar-refractivity contribution is 0.319. The molecule has 0 amide bonds. The monoisotopic (exact) mass is 227 g/mol. The van der Waals surface area contributed by atoms with Crippen molar-refractivity contribution in [3.8, 4) is 18.2 Å². The Balaban J connectivity index is 2.40. The summed E-state index contributed by atoms with van der Waals surface area (Å²) in [5.74, 6) is 3.64. The number of hydrogen-bond donors (Lipinski definition) is 1. The van der Waals surface area contributed by atoms with E-state index in [9.17, 15) is 0 Å². The summed E-state index contributed by atoms with van der Waals surface area (Å²) in [5, 5.41) is 3.80. The Kier molecular flexibility index (Phi) is 3.41. The molecule has 4 nitrogen and oxygen atoms in total. The molecule has 1 N–H and O–H groups in total. The van der Waals surface area contributed by atoms with Gasteiger partial charge in [-0.3, -0.25) is 0 Å². The van der Waals surface area contributed by atoms with E-state index in [4.69, 9.17) is 11.2 Å². The second kappa shape index (κ2) is 5.17. The Hall–Kier alpha value is -2.28. The van der Waals surface area contributed by atoms with Gasteiger partial charge in [-0.15, -0.1) is 12.3 Å². The molecular weight excluding hydrogens is 214 g/mol. The lowest BCUT2D eigenvalue weighted by Gasteiger charge is -2.08. The normalized spacial score (nSPS) is 9.88. The van der Waals surface area contributed by atoms with Gasteiger partial charge in [-0.2, -0.15) is 4.98 Å². The molecule has 0 aliphatic heterocycles. The third-order valence-electron chi connectivity index (χ3n) is 2.28. The molecule has 1 aromatic carbocycles. The van der Waals surface area contributed by atoms with Crippen molar-refractivity contribution >= 4 is 16.9 Å². The Morgan fingerprint density at radius 1 is 1.35 bits per heavy atom. The first-order chi connectivity index (χ1) is 8.35. The Morgan fingerprint density at radius 2 is 2.18 bits per heavy atom. The first kappa shape index (κ1) is 11.2. The minimum Gasteiger partial charge on any atom is -0.476 e. The van der Waals surface area contributed by atoms with Crippen LogP contribution in [-0.4, -0.2) is 23.6 Å². The fraction of sp³-hybridized carbons (Fsp3) is 0.231. The van der Waals surface area contributed by atoms with E-state index >= 15 is 0 Å². The summed E-state index contributed by atoms with van der Waals surface area (Å²) in [4.78, 5) is 8.62. The third-order valence-corrected chi connectivity index (χ3v) is 2.28. The lowest BCUT2D eigenvalue weighted by Crippen LogP contribution is -2.03. The SMILES string of the molecule is C#CCCOc1nc(NC)nc2ccccc12. The van der Waals surface area contributed by atoms with E-state index in [-0.39, 0.29) is 0 Å². The maximum atomic E-state index is 5.57. The van der Waals surface area contributed by atoms with E-state index in [1.165, 1.54) is 0 Å². The number of aromatic nitrogens is 2. The zero-order valence-corrected chi connectivity index (χ0v) is 9.60. The van der Waals surface area contributed by atoms with E-state index in [1.807, 2.05) is 24.3 Å². The zero-order valence-electron chi connectivity index (χ0n) is 9.60. The molecular formula is C13H13N3O. The van der Waals surface area contributed by atoms with Crippen LogP contribution < -0.4 is 10.1 Å². The van der Waals surface area contributed by atoms with Gasteiger partial charge >= 0.3 is 0 Å². The molecule has 0 fully saturated rings. The van der Waals surface area contributed by atoms with Crippen molar-refractivity contribution in [3.63, 3.8) is 0 Å². The minimum atomic E-state index is 0.459. The molecule has 0 unspecified atom stereocenters. The van der Waals surface area contributed by atoms with E-state index in [0.717, 1.165) is 10.9 Å². The summed E-state index contributed by atoms with van der Waals surface area (Å²) in [6, 6.07) is 7.71. The van der Waals surface area contributed by atoms with Crippen LogP contribution in [0.1, 0.15) is 6.42 Å². The quantitative estimate of drug-likeness (QED) is 0.641. The fourth-order valence-corrected chi connectivity index (χ4v) is 1.48. The van der Waals surface area contributed by atoms with Crippen LogP contribution >= 0.6 is 0 Å². The van der Waals surface area contributed by atoms with E-state index < -0.39 is 0 Å². The molecule has 0 radical (unpaired) electrons. The standard InChI is InChI=1S/C13H13N3O/c1-3-4-9-17-12-10-7-5-6-8-11(10)15-13(14-2)16-12/h1,5-8H,4,9H2,2H3,(H,14,15,16). The summed E-state index contributed by atoms with van der Waals surface area (Å²) < 4.78 is 5.57. The van der Waals surface area contributed by atoms with Crippen LogP contribution in [0.15, 0.2) is 24.3 Å². The number of ether oxygens (including phenoxy) is 1. The second-order valence-corrected chi connectivity index (χ2v) is 3.42. The van der Waals surface area contributed by atoms with Crippen molar-refractivity contribution in [2.24, 2.45) is 0 Å². The highest BCUT2D eigenvalue weighted by molar-refractivity contribution is 5.84. The van der Waals surface area contributed by atoms with Gasteiger partial charge in [-0.05, 0) is 12.1 Å². The van der Waals surface area contributed by atoms with Gasteiger partial charge in [0.05, 0.1) is 10.9 Å². The van der Waals surface area contributed by atoms with Crippen LogP contribution in [0.5, 0.6) is 5.88 Å². The molecule has 0 spiro atoms. The maximum Gasteiger partial charge on any atom is 0.226 e. The van der Waals surface area contributed by atoms with Gasteiger partial charge in [0.1, 0.15) is 6.61 Å². The third kappa shape index (κ3) is 2.45. The number of para-hydroxylation sites is 1. The molecule has 17 heavy (non-hydrogen) atoms. The van der Waals surface area contributed by atoms with Gasteiger partial charge in [-0.1, -0.05) is 12.1 Å². The number of nitrogens with zero attached hydrogens (tertiary/aromatic N) is 2. The second-order valence-electron chi connectivity index (χ2n) is 3.42. The largest absolute Gasteiger partial charge is 0.476 e. The lowest BCUT2D eigenvalue weighted by atomic mass is 10.2. The first-order valence-electron chi connectivity index (χ1n) is 5.36. The summed E-state index contributed by atoms with van der Waals surface area (Å²) in [7, 11) is 1.77. The summed E-state index contributed by atoms with van der Waals surface area (Å²) >= 11 is 0. The number of nitrogens with one attached hydrogen (secondary N) is 1. The molecule has 0 aliphatic rings. The fourth-order valence-electron chi connectivity index (χ4n) is 1.48. The van der Waals surface area contributed by atoms with Gasteiger partial charge in [-0.25, -0.2) is 4.98 Å². The van der Waals surface area contributed by atoms with Crippen LogP contribution in [0, 0.1) is 12.3 Å². The topological polar surface area (TPSA) is 47.0 Å². The Morgan fingerprint density at radius 3 is 2.94 bits per heavy atom. The Labute approximate surface area is 100 Å². The maximum absolute atomic E-state index is 5.57. The van der Waals surface area contributed by atoms with Gasteiger partial charge in [0.2, 0.25) is 11.8 Å². The van der Waals surface area contributed by atoms with Crippen LogP contribution in [0.2, 0.25) is 0 Å². The molecule has 2 rings (SSSR count). The van der Waals surface area contributed by atoms with Gasteiger partial charge < -0.3 is 10.1 Å². The van der Waals surface area contributed by atoms with Crippen LogP contribution in [-0.2, 0) is 0 Å². The average molecular weight is 227 g/mol. The average Bonchev–Trinajstić information content (AvgIpc) is 2.38. The number of hydrogen-bond acceptors (Lipinski definition) is 4. The molecule has 86 valence electrons. The van der Waals surface area contributed by atoms with Crippen molar-refractivity contribution < 1.29 is 4.74 Å². The van der Waals surface area contributed by atoms with Crippen molar-refractivity contribution in [1.29, 1.82) is 0 Å². The zero-order chi connectivity index (χ0) is 12.1. The molecule has 1 aromatic heterocycles. The molecule has 0 aliphatic carbocycles.